The number of thiazole rings is 1. The number of carbonyl (C=O) groups excluding carboxylic acids is 1. The summed E-state index contributed by atoms with van der Waals surface area (Å²) in [4.78, 5) is 17.5. The van der Waals surface area contributed by atoms with E-state index < -0.39 is 35.1 Å². The first-order valence-electron chi connectivity index (χ1n) is 9.21. The maximum Gasteiger partial charge on any atom is 0.416 e. The summed E-state index contributed by atoms with van der Waals surface area (Å²) in [6.45, 7) is 0. The van der Waals surface area contributed by atoms with Crippen LogP contribution in [0.25, 0.3) is 16.2 Å². The monoisotopic (exact) mass is 503 g/mol. The third-order valence-corrected chi connectivity index (χ3v) is 5.78. The zero-order valence-electron chi connectivity index (χ0n) is 16.3. The Hall–Kier alpha value is -3.05. The van der Waals surface area contributed by atoms with Crippen molar-refractivity contribution in [1.82, 2.24) is 9.38 Å². The van der Waals surface area contributed by atoms with Gasteiger partial charge in [-0.3, -0.25) is 9.20 Å². The molecule has 4 aromatic rings. The summed E-state index contributed by atoms with van der Waals surface area (Å²) < 4.78 is 79.8. The molecular weight excluding hydrogens is 492 g/mol. The molecule has 2 aromatic heterocycles. The molecule has 172 valence electrons. The molecule has 2 aromatic carbocycles. The first kappa shape index (κ1) is 23.1. The number of amides is 1. The molecule has 1 amide bonds. The van der Waals surface area contributed by atoms with E-state index in [1.165, 1.54) is 11.3 Å². The number of aromatic nitrogens is 2. The highest BCUT2D eigenvalue weighted by atomic mass is 35.5. The summed E-state index contributed by atoms with van der Waals surface area (Å²) in [5, 5.41) is 4.33. The van der Waals surface area contributed by atoms with Gasteiger partial charge in [-0.25, -0.2) is 4.98 Å². The molecule has 0 aliphatic rings. The molecular formula is C21H12ClF6N3OS. The summed E-state index contributed by atoms with van der Waals surface area (Å²) in [5.74, 6) is -0.774. The van der Waals surface area contributed by atoms with Gasteiger partial charge in [0.2, 0.25) is 5.91 Å². The molecule has 0 atom stereocenters. The predicted octanol–water partition coefficient (Wildman–Crippen LogP) is 6.94. The van der Waals surface area contributed by atoms with Crippen LogP contribution in [0.15, 0.2) is 54.0 Å². The zero-order valence-corrected chi connectivity index (χ0v) is 17.8. The van der Waals surface area contributed by atoms with E-state index in [1.54, 1.807) is 40.2 Å². The Kier molecular flexibility index (Phi) is 5.87. The second kappa shape index (κ2) is 8.38. The van der Waals surface area contributed by atoms with Gasteiger partial charge < -0.3 is 5.32 Å². The lowest BCUT2D eigenvalue weighted by Gasteiger charge is -2.14. The third-order valence-electron chi connectivity index (χ3n) is 4.64. The smallest absolute Gasteiger partial charge is 0.326 e. The Bertz CT molecular complexity index is 1290. The molecule has 0 aliphatic carbocycles. The summed E-state index contributed by atoms with van der Waals surface area (Å²) in [6.07, 6.45) is -8.61. The molecule has 33 heavy (non-hydrogen) atoms. The van der Waals surface area contributed by atoms with E-state index in [9.17, 15) is 31.1 Å². The van der Waals surface area contributed by atoms with E-state index >= 15 is 0 Å². The fourth-order valence-electron chi connectivity index (χ4n) is 3.11. The summed E-state index contributed by atoms with van der Waals surface area (Å²) in [5.41, 5.74) is -1.73. The standard InChI is InChI=1S/C21H12ClF6N3OS/c22-14-3-1-11(2-4-14)17-9-31-16(10-33-19(31)30-17)8-18(32)29-15-6-12(20(23,24)25)5-13(7-15)21(26,27)28/h1-7,9-10H,8H2,(H,29,32). The highest BCUT2D eigenvalue weighted by molar-refractivity contribution is 7.15. The van der Waals surface area contributed by atoms with Gasteiger partial charge in [-0.1, -0.05) is 23.7 Å². The zero-order chi connectivity index (χ0) is 24.0. The first-order valence-corrected chi connectivity index (χ1v) is 10.5. The van der Waals surface area contributed by atoms with Gasteiger partial charge in [0, 0.05) is 33.5 Å². The number of anilines is 1. The number of fused-ring (bicyclic) bond motifs is 1. The summed E-state index contributed by atoms with van der Waals surface area (Å²) in [7, 11) is 0. The van der Waals surface area contributed by atoms with Crippen molar-refractivity contribution in [2.45, 2.75) is 18.8 Å². The molecule has 4 rings (SSSR count). The van der Waals surface area contributed by atoms with Crippen LogP contribution in [0.1, 0.15) is 16.8 Å². The van der Waals surface area contributed by atoms with Crippen molar-refractivity contribution in [2.24, 2.45) is 0 Å². The van der Waals surface area contributed by atoms with E-state index in [1.807, 2.05) is 0 Å². The van der Waals surface area contributed by atoms with Gasteiger partial charge in [-0.15, -0.1) is 11.3 Å². The molecule has 0 aliphatic heterocycles. The molecule has 4 nitrogen and oxygen atoms in total. The number of nitrogens with zero attached hydrogens (tertiary/aromatic N) is 2. The van der Waals surface area contributed by atoms with Crippen LogP contribution < -0.4 is 5.32 Å². The van der Waals surface area contributed by atoms with Gasteiger partial charge >= 0.3 is 12.4 Å². The maximum atomic E-state index is 13.0. The van der Waals surface area contributed by atoms with Crippen LogP contribution in [0.3, 0.4) is 0 Å². The van der Waals surface area contributed by atoms with Crippen LogP contribution in [0, 0.1) is 0 Å². The van der Waals surface area contributed by atoms with E-state index in [2.05, 4.69) is 10.3 Å². The molecule has 0 saturated carbocycles. The van der Waals surface area contributed by atoms with Gasteiger partial charge in [0.05, 0.1) is 23.2 Å². The molecule has 0 bridgehead atoms. The molecule has 0 unspecified atom stereocenters. The van der Waals surface area contributed by atoms with Gasteiger partial charge in [0.15, 0.2) is 4.96 Å². The predicted molar refractivity (Wildman–Crippen MR) is 112 cm³/mol. The minimum atomic E-state index is -5.00. The molecule has 0 spiro atoms. The van der Waals surface area contributed by atoms with Crippen molar-refractivity contribution in [3.8, 4) is 11.3 Å². The first-order chi connectivity index (χ1) is 15.4. The Balaban J connectivity index is 1.57. The van der Waals surface area contributed by atoms with E-state index in [0.29, 0.717) is 33.5 Å². The van der Waals surface area contributed by atoms with Crippen LogP contribution in [-0.4, -0.2) is 15.3 Å². The van der Waals surface area contributed by atoms with Crippen LogP contribution in [0.4, 0.5) is 32.0 Å². The number of nitrogens with one attached hydrogen (secondary N) is 1. The number of imidazole rings is 1. The van der Waals surface area contributed by atoms with Crippen molar-refractivity contribution in [3.63, 3.8) is 0 Å². The number of hydrogen-bond donors (Lipinski definition) is 1. The molecule has 0 radical (unpaired) electrons. The Morgan fingerprint density at radius 1 is 1.00 bits per heavy atom. The lowest BCUT2D eigenvalue weighted by molar-refractivity contribution is -0.143. The van der Waals surface area contributed by atoms with E-state index in [4.69, 9.17) is 11.6 Å². The highest BCUT2D eigenvalue weighted by Crippen LogP contribution is 2.37. The summed E-state index contributed by atoms with van der Waals surface area (Å²) >= 11 is 7.12. The van der Waals surface area contributed by atoms with Crippen LogP contribution in [-0.2, 0) is 23.6 Å². The van der Waals surface area contributed by atoms with Crippen LogP contribution >= 0.6 is 22.9 Å². The minimum absolute atomic E-state index is 0.00184. The number of hydrogen-bond acceptors (Lipinski definition) is 3. The molecule has 12 heteroatoms. The Labute approximate surface area is 191 Å². The average Bonchev–Trinajstić information content (AvgIpc) is 3.29. The number of carbonyl (C=O) groups is 1. The van der Waals surface area contributed by atoms with Crippen molar-refractivity contribution in [2.75, 3.05) is 5.32 Å². The van der Waals surface area contributed by atoms with Gasteiger partial charge in [-0.2, -0.15) is 26.3 Å². The van der Waals surface area contributed by atoms with Crippen LogP contribution in [0.2, 0.25) is 5.02 Å². The topological polar surface area (TPSA) is 46.4 Å². The fraction of sp³-hybridized carbons (Fsp3) is 0.143. The molecule has 0 saturated heterocycles. The molecule has 0 fully saturated rings. The lowest BCUT2D eigenvalue weighted by atomic mass is 10.1. The van der Waals surface area contributed by atoms with E-state index in [0.717, 1.165) is 5.56 Å². The molecule has 1 N–H and O–H groups in total. The number of rotatable bonds is 4. The Morgan fingerprint density at radius 3 is 2.18 bits per heavy atom. The number of halogens is 7. The van der Waals surface area contributed by atoms with Crippen molar-refractivity contribution in [1.29, 1.82) is 0 Å². The van der Waals surface area contributed by atoms with Crippen molar-refractivity contribution < 1.29 is 31.1 Å². The SMILES string of the molecule is O=C(Cc1csc2nc(-c3ccc(Cl)cc3)cn12)Nc1cc(C(F)(F)F)cc(C(F)(F)F)c1. The fourth-order valence-corrected chi connectivity index (χ4v) is 4.11. The quantitative estimate of drug-likeness (QED) is 0.307. The lowest BCUT2D eigenvalue weighted by Crippen LogP contribution is -2.17. The second-order valence-electron chi connectivity index (χ2n) is 7.03. The van der Waals surface area contributed by atoms with Crippen molar-refractivity contribution in [3.05, 3.63) is 75.9 Å². The number of alkyl halides is 6. The largest absolute Gasteiger partial charge is 0.416 e. The van der Waals surface area contributed by atoms with Crippen LogP contribution in [0.5, 0.6) is 0 Å². The van der Waals surface area contributed by atoms with Gasteiger partial charge in [0.1, 0.15) is 0 Å². The highest BCUT2D eigenvalue weighted by Gasteiger charge is 2.37. The number of benzene rings is 2. The second-order valence-corrected chi connectivity index (χ2v) is 8.31. The van der Waals surface area contributed by atoms with Crippen molar-refractivity contribution >= 4 is 39.5 Å². The maximum absolute atomic E-state index is 13.0. The van der Waals surface area contributed by atoms with Gasteiger partial charge in [0.25, 0.3) is 0 Å². The van der Waals surface area contributed by atoms with E-state index in [-0.39, 0.29) is 12.5 Å². The minimum Gasteiger partial charge on any atom is -0.326 e. The third kappa shape index (κ3) is 5.14. The average molecular weight is 504 g/mol. The van der Waals surface area contributed by atoms with Gasteiger partial charge in [-0.05, 0) is 30.3 Å². The summed E-state index contributed by atoms with van der Waals surface area (Å²) in [6, 6.07) is 7.87. The molecule has 2 heterocycles. The Morgan fingerprint density at radius 2 is 1.61 bits per heavy atom. The normalized spacial score (nSPS) is 12.3.